The highest BCUT2D eigenvalue weighted by Gasteiger charge is 2.31. The number of piperidine rings is 2. The summed E-state index contributed by atoms with van der Waals surface area (Å²) in [6.07, 6.45) is 11.5. The molecule has 208 valence electrons. The fourth-order valence-electron chi connectivity index (χ4n) is 5.70. The third-order valence-corrected chi connectivity index (χ3v) is 7.92. The van der Waals surface area contributed by atoms with Crippen LogP contribution in [0.5, 0.6) is 0 Å². The average molecular weight is 532 g/mol. The predicted molar refractivity (Wildman–Crippen MR) is 155 cm³/mol. The Morgan fingerprint density at radius 2 is 1.85 bits per heavy atom. The van der Waals surface area contributed by atoms with E-state index in [1.807, 2.05) is 23.0 Å². The zero-order valence-electron chi connectivity index (χ0n) is 23.3. The molecule has 0 saturated carbocycles. The van der Waals surface area contributed by atoms with Crippen molar-refractivity contribution in [1.29, 1.82) is 0 Å². The van der Waals surface area contributed by atoms with Gasteiger partial charge in [-0.3, -0.25) is 9.59 Å². The van der Waals surface area contributed by atoms with E-state index in [9.17, 15) is 9.59 Å². The number of carbonyl (C=O) groups is 2. The third-order valence-electron chi connectivity index (χ3n) is 7.92. The number of benzene rings is 1. The standard InChI is InChI=1S/C30H41N7O2/c1-3-14-32-28-25-11-10-24(19-26(25)33-30(31-2)34-28)36-18-13-22(20-36)9-12-27(38)37-17-7-8-23(21-37)29(39)35-15-5-4-6-16-35/h10-11,13,18-20,23H,3-9,12,14-17,21H2,1-2H3,(H2,31,32,33,34). The Balaban J connectivity index is 1.21. The summed E-state index contributed by atoms with van der Waals surface area (Å²) in [5, 5.41) is 7.44. The number of nitrogens with zero attached hydrogens (tertiary/aromatic N) is 5. The first kappa shape index (κ1) is 27.0. The molecule has 2 amide bonds. The van der Waals surface area contributed by atoms with Gasteiger partial charge in [-0.05, 0) is 74.8 Å². The van der Waals surface area contributed by atoms with Crippen LogP contribution in [0.25, 0.3) is 16.6 Å². The molecular formula is C30H41N7O2. The SMILES string of the molecule is CCCNc1nc(NC)nc2cc(-n3ccc(CCC(=O)N4CCCC(C(=O)N5CCCCC5)C4)c3)ccc12. The minimum Gasteiger partial charge on any atom is -0.369 e. The number of carbonyl (C=O) groups excluding carboxylic acids is 2. The molecule has 9 heteroatoms. The number of amides is 2. The molecule has 2 aliphatic rings. The van der Waals surface area contributed by atoms with Gasteiger partial charge in [0.05, 0.1) is 11.4 Å². The van der Waals surface area contributed by atoms with Crippen LogP contribution in [0.3, 0.4) is 0 Å². The number of anilines is 2. The molecule has 0 bridgehead atoms. The Morgan fingerprint density at radius 3 is 2.64 bits per heavy atom. The van der Waals surface area contributed by atoms with Crippen molar-refractivity contribution in [2.45, 2.75) is 58.3 Å². The molecule has 4 heterocycles. The van der Waals surface area contributed by atoms with Crippen LogP contribution in [0.15, 0.2) is 36.7 Å². The second-order valence-corrected chi connectivity index (χ2v) is 10.8. The van der Waals surface area contributed by atoms with E-state index >= 15 is 0 Å². The van der Waals surface area contributed by atoms with Gasteiger partial charge in [0.1, 0.15) is 5.82 Å². The van der Waals surface area contributed by atoms with Crippen LogP contribution in [0, 0.1) is 5.92 Å². The second-order valence-electron chi connectivity index (χ2n) is 10.8. The van der Waals surface area contributed by atoms with Crippen molar-refractivity contribution in [3.8, 4) is 5.69 Å². The smallest absolute Gasteiger partial charge is 0.227 e. The van der Waals surface area contributed by atoms with E-state index in [1.165, 1.54) is 6.42 Å². The Morgan fingerprint density at radius 1 is 1.03 bits per heavy atom. The number of aromatic nitrogens is 3. The molecule has 1 atom stereocenters. The fraction of sp³-hybridized carbons (Fsp3) is 0.533. The summed E-state index contributed by atoms with van der Waals surface area (Å²) < 4.78 is 2.08. The summed E-state index contributed by atoms with van der Waals surface area (Å²) >= 11 is 0. The molecule has 2 N–H and O–H groups in total. The lowest BCUT2D eigenvalue weighted by atomic mass is 9.95. The fourth-order valence-corrected chi connectivity index (χ4v) is 5.70. The van der Waals surface area contributed by atoms with Crippen LogP contribution in [-0.4, -0.2) is 75.9 Å². The number of hydrogen-bond acceptors (Lipinski definition) is 6. The van der Waals surface area contributed by atoms with Crippen molar-refractivity contribution in [2.75, 3.05) is 50.4 Å². The predicted octanol–water partition coefficient (Wildman–Crippen LogP) is 4.47. The van der Waals surface area contributed by atoms with Gasteiger partial charge in [-0.2, -0.15) is 4.98 Å². The minimum absolute atomic E-state index is 0.0419. The van der Waals surface area contributed by atoms with E-state index in [1.54, 1.807) is 0 Å². The number of rotatable bonds is 9. The van der Waals surface area contributed by atoms with E-state index in [4.69, 9.17) is 0 Å². The Labute approximate surface area is 231 Å². The lowest BCUT2D eigenvalue weighted by molar-refractivity contribution is -0.141. The number of aryl methyl sites for hydroxylation is 1. The van der Waals surface area contributed by atoms with Gasteiger partial charge in [-0.15, -0.1) is 0 Å². The summed E-state index contributed by atoms with van der Waals surface area (Å²) in [7, 11) is 1.82. The molecule has 2 fully saturated rings. The van der Waals surface area contributed by atoms with E-state index in [0.29, 0.717) is 25.3 Å². The summed E-state index contributed by atoms with van der Waals surface area (Å²) in [5.74, 6) is 1.78. The molecule has 39 heavy (non-hydrogen) atoms. The van der Waals surface area contributed by atoms with E-state index < -0.39 is 0 Å². The van der Waals surface area contributed by atoms with Crippen LogP contribution < -0.4 is 10.6 Å². The molecule has 2 aliphatic heterocycles. The highest BCUT2D eigenvalue weighted by molar-refractivity contribution is 5.91. The van der Waals surface area contributed by atoms with E-state index in [-0.39, 0.29) is 17.7 Å². The van der Waals surface area contributed by atoms with Crippen LogP contribution in [-0.2, 0) is 16.0 Å². The van der Waals surface area contributed by atoms with E-state index in [0.717, 1.165) is 86.3 Å². The normalized spacial score (nSPS) is 17.8. The average Bonchev–Trinajstić information content (AvgIpc) is 3.47. The van der Waals surface area contributed by atoms with Crippen LogP contribution >= 0.6 is 0 Å². The Kier molecular flexibility index (Phi) is 8.64. The first-order valence-corrected chi connectivity index (χ1v) is 14.5. The van der Waals surface area contributed by atoms with Gasteiger partial charge in [0, 0.05) is 69.7 Å². The molecule has 0 radical (unpaired) electrons. The highest BCUT2D eigenvalue weighted by atomic mass is 16.2. The van der Waals surface area contributed by atoms with Gasteiger partial charge in [-0.1, -0.05) is 6.92 Å². The van der Waals surface area contributed by atoms with E-state index in [2.05, 4.69) is 62.6 Å². The Hall–Kier alpha value is -3.62. The molecule has 1 unspecified atom stereocenters. The van der Waals surface area contributed by atoms with Gasteiger partial charge in [-0.25, -0.2) is 4.98 Å². The first-order valence-electron chi connectivity index (χ1n) is 14.5. The van der Waals surface area contributed by atoms with Crippen LogP contribution in [0.2, 0.25) is 0 Å². The molecule has 2 saturated heterocycles. The van der Waals surface area contributed by atoms with Crippen molar-refractivity contribution < 1.29 is 9.59 Å². The molecule has 9 nitrogen and oxygen atoms in total. The third kappa shape index (κ3) is 6.34. The van der Waals surface area contributed by atoms with Gasteiger partial charge >= 0.3 is 0 Å². The zero-order valence-corrected chi connectivity index (χ0v) is 23.3. The number of fused-ring (bicyclic) bond motifs is 1. The summed E-state index contributed by atoms with van der Waals surface area (Å²) in [5.41, 5.74) is 3.00. The van der Waals surface area contributed by atoms with Crippen molar-refractivity contribution in [3.63, 3.8) is 0 Å². The topological polar surface area (TPSA) is 95.4 Å². The van der Waals surface area contributed by atoms with Gasteiger partial charge in [0.15, 0.2) is 0 Å². The van der Waals surface area contributed by atoms with Crippen molar-refractivity contribution >= 4 is 34.5 Å². The maximum absolute atomic E-state index is 13.1. The number of nitrogens with one attached hydrogen (secondary N) is 2. The molecule has 0 aliphatic carbocycles. The summed E-state index contributed by atoms with van der Waals surface area (Å²) in [6.45, 7) is 6.05. The van der Waals surface area contributed by atoms with Gasteiger partial charge < -0.3 is 25.0 Å². The van der Waals surface area contributed by atoms with Crippen molar-refractivity contribution in [2.24, 2.45) is 5.92 Å². The van der Waals surface area contributed by atoms with Gasteiger partial charge in [0.25, 0.3) is 0 Å². The van der Waals surface area contributed by atoms with Crippen molar-refractivity contribution in [1.82, 2.24) is 24.3 Å². The zero-order chi connectivity index (χ0) is 27.2. The molecule has 0 spiro atoms. The molecule has 1 aromatic carbocycles. The molecule has 2 aromatic heterocycles. The largest absolute Gasteiger partial charge is 0.369 e. The van der Waals surface area contributed by atoms with Crippen LogP contribution in [0.4, 0.5) is 11.8 Å². The number of likely N-dealkylation sites (tertiary alicyclic amines) is 2. The quantitative estimate of drug-likeness (QED) is 0.423. The second kappa shape index (κ2) is 12.5. The maximum Gasteiger partial charge on any atom is 0.227 e. The van der Waals surface area contributed by atoms with Gasteiger partial charge in [0.2, 0.25) is 17.8 Å². The first-order chi connectivity index (χ1) is 19.1. The molecular weight excluding hydrogens is 490 g/mol. The number of hydrogen-bond donors (Lipinski definition) is 2. The maximum atomic E-state index is 13.1. The lowest BCUT2D eigenvalue weighted by Gasteiger charge is -2.36. The summed E-state index contributed by atoms with van der Waals surface area (Å²) in [6, 6.07) is 8.27. The summed E-state index contributed by atoms with van der Waals surface area (Å²) in [4.78, 5) is 39.2. The highest BCUT2D eigenvalue weighted by Crippen LogP contribution is 2.26. The molecule has 3 aromatic rings. The lowest BCUT2D eigenvalue weighted by Crippen LogP contribution is -2.48. The molecule has 5 rings (SSSR count). The Bertz CT molecular complexity index is 1300. The monoisotopic (exact) mass is 531 g/mol. The van der Waals surface area contributed by atoms with Crippen molar-refractivity contribution in [3.05, 3.63) is 42.2 Å². The minimum atomic E-state index is -0.0419. The van der Waals surface area contributed by atoms with Crippen LogP contribution in [0.1, 0.15) is 57.4 Å².